The molecule has 0 aliphatic heterocycles. The van der Waals surface area contributed by atoms with Crippen molar-refractivity contribution in [2.75, 3.05) is 13.7 Å². The van der Waals surface area contributed by atoms with Gasteiger partial charge in [-0.1, -0.05) is 71.8 Å². The van der Waals surface area contributed by atoms with E-state index in [1.54, 1.807) is 12.1 Å². The van der Waals surface area contributed by atoms with Crippen LogP contribution in [0, 0.1) is 18.3 Å². The van der Waals surface area contributed by atoms with Crippen molar-refractivity contribution in [3.63, 3.8) is 0 Å². The first-order valence-electron chi connectivity index (χ1n) is 11.0. The number of halogens is 1. The summed E-state index contributed by atoms with van der Waals surface area (Å²) in [4.78, 5) is 12.5. The number of aryl methyl sites for hydroxylation is 2. The standard InChI is InChI=1S/C28H27ClN2O3/c1-20-8-6-11-22(14-20)19-34-27-25(29)16-23(17-26(27)33-2)15-24(18-30)28(32)31-13-7-12-21-9-4-3-5-10-21/h3-6,8-11,14-17H,7,12-13,19H2,1-2H3,(H,31,32)/b24-15-. The minimum Gasteiger partial charge on any atom is -0.493 e. The highest BCUT2D eigenvalue weighted by Gasteiger charge is 2.14. The van der Waals surface area contributed by atoms with E-state index in [2.05, 4.69) is 5.32 Å². The van der Waals surface area contributed by atoms with Crippen LogP contribution in [0.4, 0.5) is 0 Å². The van der Waals surface area contributed by atoms with Crippen molar-refractivity contribution in [1.29, 1.82) is 5.26 Å². The Bertz CT molecular complexity index is 1200. The molecule has 34 heavy (non-hydrogen) atoms. The molecule has 6 heteroatoms. The summed E-state index contributed by atoms with van der Waals surface area (Å²) in [6, 6.07) is 23.4. The monoisotopic (exact) mass is 474 g/mol. The maximum Gasteiger partial charge on any atom is 0.261 e. The number of nitrogens with one attached hydrogen (secondary N) is 1. The Morgan fingerprint density at radius 1 is 1.09 bits per heavy atom. The van der Waals surface area contributed by atoms with Crippen LogP contribution in [0.15, 0.2) is 72.3 Å². The third kappa shape index (κ3) is 7.13. The van der Waals surface area contributed by atoms with Crippen LogP contribution in [0.25, 0.3) is 6.08 Å². The third-order valence-corrected chi connectivity index (χ3v) is 5.44. The van der Waals surface area contributed by atoms with E-state index < -0.39 is 5.91 Å². The van der Waals surface area contributed by atoms with Gasteiger partial charge in [0.2, 0.25) is 0 Å². The fraction of sp³-hybridized carbons (Fsp3) is 0.214. The lowest BCUT2D eigenvalue weighted by Gasteiger charge is -2.14. The Balaban J connectivity index is 1.65. The van der Waals surface area contributed by atoms with Crippen LogP contribution in [-0.2, 0) is 17.8 Å². The molecule has 3 rings (SSSR count). The van der Waals surface area contributed by atoms with E-state index in [1.165, 1.54) is 18.7 Å². The van der Waals surface area contributed by atoms with Gasteiger partial charge < -0.3 is 14.8 Å². The number of methoxy groups -OCH3 is 1. The average molecular weight is 475 g/mol. The number of carbonyl (C=O) groups is 1. The highest BCUT2D eigenvalue weighted by atomic mass is 35.5. The molecule has 174 valence electrons. The molecular weight excluding hydrogens is 448 g/mol. The molecule has 0 fully saturated rings. The summed E-state index contributed by atoms with van der Waals surface area (Å²) in [6.07, 6.45) is 3.12. The smallest absolute Gasteiger partial charge is 0.261 e. The first-order valence-corrected chi connectivity index (χ1v) is 11.4. The second kappa shape index (κ2) is 12.5. The third-order valence-electron chi connectivity index (χ3n) is 5.16. The molecule has 0 unspecified atom stereocenters. The Hall–Kier alpha value is -3.75. The van der Waals surface area contributed by atoms with Crippen LogP contribution in [0.5, 0.6) is 11.5 Å². The number of rotatable bonds is 10. The molecule has 1 N–H and O–H groups in total. The van der Waals surface area contributed by atoms with E-state index in [1.807, 2.05) is 67.6 Å². The zero-order valence-electron chi connectivity index (χ0n) is 19.3. The van der Waals surface area contributed by atoms with E-state index in [9.17, 15) is 10.1 Å². The number of nitriles is 1. The predicted octanol–water partition coefficient (Wildman–Crippen LogP) is 5.89. The number of benzene rings is 3. The summed E-state index contributed by atoms with van der Waals surface area (Å²) in [5.41, 5.74) is 3.92. The summed E-state index contributed by atoms with van der Waals surface area (Å²) in [6.45, 7) is 2.83. The molecule has 3 aromatic rings. The number of nitrogens with zero attached hydrogens (tertiary/aromatic N) is 1. The Kier molecular flexibility index (Phi) is 9.13. The molecule has 0 aliphatic carbocycles. The Morgan fingerprint density at radius 3 is 2.56 bits per heavy atom. The minimum absolute atomic E-state index is 0.00809. The number of amides is 1. The van der Waals surface area contributed by atoms with E-state index in [0.29, 0.717) is 35.2 Å². The molecule has 5 nitrogen and oxygen atoms in total. The van der Waals surface area contributed by atoms with Gasteiger partial charge in [-0.25, -0.2) is 0 Å². The van der Waals surface area contributed by atoms with Crippen molar-refractivity contribution in [2.45, 2.75) is 26.4 Å². The molecule has 0 atom stereocenters. The highest BCUT2D eigenvalue weighted by molar-refractivity contribution is 6.32. The predicted molar refractivity (Wildman–Crippen MR) is 135 cm³/mol. The lowest BCUT2D eigenvalue weighted by atomic mass is 10.1. The van der Waals surface area contributed by atoms with Crippen molar-refractivity contribution in [1.82, 2.24) is 5.32 Å². The fourth-order valence-electron chi connectivity index (χ4n) is 3.47. The maximum atomic E-state index is 12.5. The number of ether oxygens (including phenoxy) is 2. The Morgan fingerprint density at radius 2 is 1.85 bits per heavy atom. The van der Waals surface area contributed by atoms with Gasteiger partial charge in [0.1, 0.15) is 18.2 Å². The molecule has 0 heterocycles. The second-order valence-electron chi connectivity index (χ2n) is 7.83. The summed E-state index contributed by atoms with van der Waals surface area (Å²) in [7, 11) is 1.52. The zero-order chi connectivity index (χ0) is 24.3. The molecule has 0 spiro atoms. The van der Waals surface area contributed by atoms with Crippen LogP contribution >= 0.6 is 11.6 Å². The summed E-state index contributed by atoms with van der Waals surface area (Å²) in [5, 5.41) is 12.6. The number of hydrogen-bond donors (Lipinski definition) is 1. The van der Waals surface area contributed by atoms with E-state index >= 15 is 0 Å². The molecule has 0 saturated carbocycles. The largest absolute Gasteiger partial charge is 0.493 e. The first-order chi connectivity index (χ1) is 16.5. The molecule has 0 aromatic heterocycles. The van der Waals surface area contributed by atoms with Crippen LogP contribution in [-0.4, -0.2) is 19.6 Å². The van der Waals surface area contributed by atoms with Gasteiger partial charge in [-0.2, -0.15) is 5.26 Å². The van der Waals surface area contributed by atoms with Crippen molar-refractivity contribution in [3.05, 3.63) is 99.6 Å². The average Bonchev–Trinajstić information content (AvgIpc) is 2.84. The lowest BCUT2D eigenvalue weighted by Crippen LogP contribution is -2.25. The summed E-state index contributed by atoms with van der Waals surface area (Å²) >= 11 is 6.46. The molecular formula is C28H27ClN2O3. The van der Waals surface area contributed by atoms with Gasteiger partial charge in [0.05, 0.1) is 12.1 Å². The summed E-state index contributed by atoms with van der Waals surface area (Å²) < 4.78 is 11.4. The Labute approximate surface area is 205 Å². The van der Waals surface area contributed by atoms with Gasteiger partial charge in [-0.3, -0.25) is 4.79 Å². The molecule has 0 saturated heterocycles. The van der Waals surface area contributed by atoms with Crippen molar-refractivity contribution in [2.24, 2.45) is 0 Å². The van der Waals surface area contributed by atoms with Crippen LogP contribution in [0.1, 0.15) is 28.7 Å². The van der Waals surface area contributed by atoms with Gasteiger partial charge in [0.25, 0.3) is 5.91 Å². The first kappa shape index (κ1) is 24.9. The lowest BCUT2D eigenvalue weighted by molar-refractivity contribution is -0.117. The van der Waals surface area contributed by atoms with Crippen molar-refractivity contribution in [3.8, 4) is 17.6 Å². The number of hydrogen-bond acceptors (Lipinski definition) is 4. The zero-order valence-corrected chi connectivity index (χ0v) is 20.1. The van der Waals surface area contributed by atoms with Crippen molar-refractivity contribution >= 4 is 23.6 Å². The van der Waals surface area contributed by atoms with E-state index in [0.717, 1.165) is 24.0 Å². The van der Waals surface area contributed by atoms with Crippen LogP contribution in [0.2, 0.25) is 5.02 Å². The van der Waals surface area contributed by atoms with E-state index in [-0.39, 0.29) is 5.57 Å². The SMILES string of the molecule is COc1cc(/C=C(/C#N)C(=O)NCCCc2ccccc2)cc(Cl)c1OCc1cccc(C)c1. The molecule has 0 radical (unpaired) electrons. The molecule has 1 amide bonds. The number of carbonyl (C=O) groups excluding carboxylic acids is 1. The van der Waals surface area contributed by atoms with Crippen molar-refractivity contribution < 1.29 is 14.3 Å². The molecule has 0 aliphatic rings. The van der Waals surface area contributed by atoms with Gasteiger partial charge in [0.15, 0.2) is 11.5 Å². The quantitative estimate of drug-likeness (QED) is 0.226. The van der Waals surface area contributed by atoms with E-state index in [4.69, 9.17) is 21.1 Å². The van der Waals surface area contributed by atoms with Gasteiger partial charge in [-0.15, -0.1) is 0 Å². The van der Waals surface area contributed by atoms with Crippen LogP contribution in [0.3, 0.4) is 0 Å². The summed E-state index contributed by atoms with van der Waals surface area (Å²) in [5.74, 6) is 0.407. The topological polar surface area (TPSA) is 71.3 Å². The normalized spacial score (nSPS) is 10.9. The maximum absolute atomic E-state index is 12.5. The fourth-order valence-corrected chi connectivity index (χ4v) is 3.74. The van der Waals surface area contributed by atoms with Gasteiger partial charge >= 0.3 is 0 Å². The highest BCUT2D eigenvalue weighted by Crippen LogP contribution is 2.37. The molecule has 0 bridgehead atoms. The van der Waals surface area contributed by atoms with Gasteiger partial charge in [0, 0.05) is 6.54 Å². The molecule has 3 aromatic carbocycles. The van der Waals surface area contributed by atoms with Gasteiger partial charge in [-0.05, 0) is 54.7 Å². The van der Waals surface area contributed by atoms with Crippen LogP contribution < -0.4 is 14.8 Å². The minimum atomic E-state index is -0.426. The second-order valence-corrected chi connectivity index (χ2v) is 8.23.